The summed E-state index contributed by atoms with van der Waals surface area (Å²) in [4.78, 5) is 4.33. The van der Waals surface area contributed by atoms with Gasteiger partial charge in [0.15, 0.2) is 4.34 Å². The maximum absolute atomic E-state index is 9.31. The highest BCUT2D eigenvalue weighted by molar-refractivity contribution is 8.01. The summed E-state index contributed by atoms with van der Waals surface area (Å²) in [5.74, 6) is 0.818. The van der Waals surface area contributed by atoms with Crippen LogP contribution in [-0.4, -0.2) is 26.2 Å². The summed E-state index contributed by atoms with van der Waals surface area (Å²) in [6.45, 7) is 10.1. The molecule has 0 aliphatic carbocycles. The maximum Gasteiger partial charge on any atom is 0.170 e. The van der Waals surface area contributed by atoms with Gasteiger partial charge >= 0.3 is 0 Å². The predicted octanol–water partition coefficient (Wildman–Crippen LogP) is 3.00. The molecule has 1 N–H and O–H groups in total. The number of aromatic nitrogens is 2. The summed E-state index contributed by atoms with van der Waals surface area (Å²) >= 11 is 3.11. The molecule has 4 nitrogen and oxygen atoms in total. The van der Waals surface area contributed by atoms with E-state index in [1.807, 2.05) is 13.8 Å². The fraction of sp³-hybridized carbons (Fsp3) is 0.750. The zero-order valence-corrected chi connectivity index (χ0v) is 13.2. The third-order valence-electron chi connectivity index (χ3n) is 2.36. The minimum atomic E-state index is -0.486. The lowest BCUT2D eigenvalue weighted by molar-refractivity contribution is 0.382. The van der Waals surface area contributed by atoms with Crippen LogP contribution in [0.25, 0.3) is 0 Å². The second-order valence-corrected chi connectivity index (χ2v) is 7.42. The van der Waals surface area contributed by atoms with Crippen LogP contribution in [0.2, 0.25) is 0 Å². The molecule has 0 aliphatic heterocycles. The number of nitrogens with zero attached hydrogens (tertiary/aromatic N) is 3. The third kappa shape index (κ3) is 4.92. The normalized spacial score (nSPS) is 16.3. The van der Waals surface area contributed by atoms with Gasteiger partial charge in [0.05, 0.1) is 6.07 Å². The monoisotopic (exact) mass is 284 g/mol. The minimum absolute atomic E-state index is 0.302. The van der Waals surface area contributed by atoms with Crippen LogP contribution in [0.1, 0.15) is 39.9 Å². The lowest BCUT2D eigenvalue weighted by Crippen LogP contribution is -2.46. The Kier molecular flexibility index (Phi) is 5.57. The highest BCUT2D eigenvalue weighted by Gasteiger charge is 2.27. The van der Waals surface area contributed by atoms with Crippen LogP contribution < -0.4 is 5.32 Å². The summed E-state index contributed by atoms with van der Waals surface area (Å²) in [6.07, 6.45) is 0.783. The smallest absolute Gasteiger partial charge is 0.170 e. The second kappa shape index (κ2) is 6.50. The van der Waals surface area contributed by atoms with E-state index in [1.165, 1.54) is 11.5 Å². The Labute approximate surface area is 117 Å². The van der Waals surface area contributed by atoms with Gasteiger partial charge in [-0.05, 0) is 45.6 Å². The minimum Gasteiger partial charge on any atom is -0.297 e. The zero-order chi connectivity index (χ0) is 13.8. The van der Waals surface area contributed by atoms with Gasteiger partial charge < -0.3 is 0 Å². The van der Waals surface area contributed by atoms with E-state index in [2.05, 4.69) is 41.5 Å². The summed E-state index contributed by atoms with van der Waals surface area (Å²) in [5.41, 5.74) is -0.486. The molecule has 1 heterocycles. The number of aryl methyl sites for hydroxylation is 1. The molecule has 2 unspecified atom stereocenters. The second-order valence-electron chi connectivity index (χ2n) is 4.98. The first-order chi connectivity index (χ1) is 8.34. The highest BCUT2D eigenvalue weighted by Crippen LogP contribution is 2.29. The van der Waals surface area contributed by atoms with Gasteiger partial charge in [-0.3, -0.25) is 5.32 Å². The van der Waals surface area contributed by atoms with E-state index in [0.717, 1.165) is 16.6 Å². The van der Waals surface area contributed by atoms with Gasteiger partial charge in [0.1, 0.15) is 11.4 Å². The lowest BCUT2D eigenvalue weighted by Gasteiger charge is -2.28. The Balaban J connectivity index is 2.57. The van der Waals surface area contributed by atoms with Gasteiger partial charge in [-0.1, -0.05) is 18.7 Å². The number of hydrogen-bond donors (Lipinski definition) is 1. The number of hydrogen-bond acceptors (Lipinski definition) is 6. The van der Waals surface area contributed by atoms with Crippen molar-refractivity contribution >= 4 is 23.3 Å². The van der Waals surface area contributed by atoms with E-state index in [0.29, 0.717) is 11.3 Å². The van der Waals surface area contributed by atoms with Gasteiger partial charge in [-0.2, -0.15) is 9.64 Å². The molecule has 1 rings (SSSR count). The van der Waals surface area contributed by atoms with E-state index < -0.39 is 5.54 Å². The van der Waals surface area contributed by atoms with E-state index in [-0.39, 0.29) is 0 Å². The molecule has 1 aromatic heterocycles. The van der Waals surface area contributed by atoms with Crippen LogP contribution in [0.5, 0.6) is 0 Å². The average Bonchev–Trinajstić information content (AvgIpc) is 2.62. The van der Waals surface area contributed by atoms with E-state index in [1.54, 1.807) is 11.8 Å². The number of rotatable bonds is 6. The van der Waals surface area contributed by atoms with Gasteiger partial charge in [0, 0.05) is 11.3 Å². The van der Waals surface area contributed by atoms with Crippen molar-refractivity contribution in [2.24, 2.45) is 0 Å². The predicted molar refractivity (Wildman–Crippen MR) is 76.9 cm³/mol. The third-order valence-corrected chi connectivity index (χ3v) is 4.34. The SMILES string of the molecule is Cc1nsc(SC(C)CC(C)(C#N)NC(C)C)n1. The van der Waals surface area contributed by atoms with Crippen molar-refractivity contribution in [1.29, 1.82) is 5.26 Å². The Morgan fingerprint density at radius 3 is 2.61 bits per heavy atom. The number of nitrogens with one attached hydrogen (secondary N) is 1. The number of thioether (sulfide) groups is 1. The molecule has 0 saturated heterocycles. The van der Waals surface area contributed by atoms with Gasteiger partial charge in [0.2, 0.25) is 0 Å². The molecule has 18 heavy (non-hydrogen) atoms. The largest absolute Gasteiger partial charge is 0.297 e. The number of nitriles is 1. The first kappa shape index (κ1) is 15.4. The van der Waals surface area contributed by atoms with Gasteiger partial charge in [-0.15, -0.1) is 0 Å². The molecule has 0 aromatic carbocycles. The Bertz CT molecular complexity index is 424. The first-order valence-corrected chi connectivity index (χ1v) is 7.66. The van der Waals surface area contributed by atoms with E-state index >= 15 is 0 Å². The molecule has 0 spiro atoms. The fourth-order valence-electron chi connectivity index (χ4n) is 1.89. The summed E-state index contributed by atoms with van der Waals surface area (Å²) in [6, 6.07) is 2.68. The molecule has 0 saturated carbocycles. The van der Waals surface area contributed by atoms with Crippen molar-refractivity contribution in [3.05, 3.63) is 5.82 Å². The van der Waals surface area contributed by atoms with E-state index in [9.17, 15) is 5.26 Å². The maximum atomic E-state index is 9.31. The Morgan fingerprint density at radius 2 is 2.17 bits per heavy atom. The molecule has 0 radical (unpaired) electrons. The van der Waals surface area contributed by atoms with Crippen LogP contribution in [-0.2, 0) is 0 Å². The summed E-state index contributed by atoms with van der Waals surface area (Å²) < 4.78 is 5.14. The Morgan fingerprint density at radius 1 is 1.50 bits per heavy atom. The van der Waals surface area contributed by atoms with Crippen molar-refractivity contribution in [1.82, 2.24) is 14.7 Å². The van der Waals surface area contributed by atoms with Crippen LogP contribution >= 0.6 is 23.3 Å². The molecular weight excluding hydrogens is 264 g/mol. The standard InChI is InChI=1S/C12H20N4S2/c1-8(2)15-12(5,7-13)6-9(3)17-11-14-10(4)16-18-11/h8-9,15H,6H2,1-5H3. The topological polar surface area (TPSA) is 61.6 Å². The molecule has 2 atom stereocenters. The van der Waals surface area contributed by atoms with Gasteiger partial charge in [-0.25, -0.2) is 4.98 Å². The highest BCUT2D eigenvalue weighted by atomic mass is 32.2. The lowest BCUT2D eigenvalue weighted by atomic mass is 9.97. The molecule has 100 valence electrons. The van der Waals surface area contributed by atoms with Crippen LogP contribution in [0.15, 0.2) is 4.34 Å². The molecule has 0 fully saturated rings. The quantitative estimate of drug-likeness (QED) is 0.814. The zero-order valence-electron chi connectivity index (χ0n) is 11.5. The van der Waals surface area contributed by atoms with Crippen molar-refractivity contribution in [3.8, 4) is 6.07 Å². The van der Waals surface area contributed by atoms with Crippen LogP contribution in [0, 0.1) is 18.3 Å². The van der Waals surface area contributed by atoms with Crippen LogP contribution in [0.3, 0.4) is 0 Å². The molecule has 0 aliphatic rings. The Hall–Kier alpha value is -0.640. The molecular formula is C12H20N4S2. The first-order valence-electron chi connectivity index (χ1n) is 6.00. The fourth-order valence-corrected chi connectivity index (χ4v) is 4.03. The van der Waals surface area contributed by atoms with Crippen molar-refractivity contribution in [3.63, 3.8) is 0 Å². The van der Waals surface area contributed by atoms with E-state index in [4.69, 9.17) is 0 Å². The van der Waals surface area contributed by atoms with Crippen molar-refractivity contribution in [2.45, 2.75) is 62.2 Å². The summed E-state index contributed by atoms with van der Waals surface area (Å²) in [5, 5.41) is 13.0. The molecule has 0 bridgehead atoms. The van der Waals surface area contributed by atoms with Gasteiger partial charge in [0.25, 0.3) is 0 Å². The molecule has 0 amide bonds. The summed E-state index contributed by atoms with van der Waals surface area (Å²) in [7, 11) is 0. The molecule has 6 heteroatoms. The van der Waals surface area contributed by atoms with Crippen LogP contribution in [0.4, 0.5) is 0 Å². The average molecular weight is 284 g/mol. The molecule has 1 aromatic rings. The van der Waals surface area contributed by atoms with Crippen molar-refractivity contribution < 1.29 is 0 Å². The van der Waals surface area contributed by atoms with Crippen molar-refractivity contribution in [2.75, 3.05) is 0 Å².